The molecule has 1 aliphatic carbocycles. The molecule has 3 rings (SSSR count). The van der Waals surface area contributed by atoms with Gasteiger partial charge in [-0.3, -0.25) is 4.90 Å². The molecule has 0 aromatic carbocycles. The zero-order valence-electron chi connectivity index (χ0n) is 12.4. The van der Waals surface area contributed by atoms with Crippen molar-refractivity contribution < 1.29 is 0 Å². The van der Waals surface area contributed by atoms with Crippen LogP contribution in [0.2, 0.25) is 0 Å². The van der Waals surface area contributed by atoms with Gasteiger partial charge in [0.2, 0.25) is 0 Å². The molecule has 112 valence electrons. The Bertz CT molecular complexity index is 400. The normalized spacial score (nSPS) is 32.5. The average molecular weight is 294 g/mol. The Hall–Kier alpha value is -0.650. The van der Waals surface area contributed by atoms with E-state index in [1.807, 2.05) is 6.20 Å². The summed E-state index contributed by atoms with van der Waals surface area (Å²) in [5, 5.41) is 3.24. The lowest BCUT2D eigenvalue weighted by Gasteiger charge is -2.45. The molecule has 1 saturated heterocycles. The minimum Gasteiger partial charge on any atom is -0.346 e. The molecule has 3 atom stereocenters. The van der Waals surface area contributed by atoms with E-state index in [2.05, 4.69) is 27.1 Å². The highest BCUT2D eigenvalue weighted by molar-refractivity contribution is 7.13. The first-order chi connectivity index (χ1) is 9.78. The SMILES string of the molecule is CC1CCC(CN)C(N2CCN(c3nccs3)CC2)C1. The van der Waals surface area contributed by atoms with E-state index in [0.717, 1.165) is 38.6 Å². The number of piperazine rings is 1. The van der Waals surface area contributed by atoms with Crippen LogP contribution in [0.5, 0.6) is 0 Å². The smallest absolute Gasteiger partial charge is 0.185 e. The van der Waals surface area contributed by atoms with Gasteiger partial charge in [0.25, 0.3) is 0 Å². The van der Waals surface area contributed by atoms with E-state index in [1.54, 1.807) is 11.3 Å². The largest absolute Gasteiger partial charge is 0.346 e. The molecule has 2 N–H and O–H groups in total. The second-order valence-electron chi connectivity index (χ2n) is 6.32. The highest BCUT2D eigenvalue weighted by atomic mass is 32.1. The van der Waals surface area contributed by atoms with E-state index in [9.17, 15) is 0 Å². The van der Waals surface area contributed by atoms with E-state index >= 15 is 0 Å². The number of nitrogens with zero attached hydrogens (tertiary/aromatic N) is 3. The zero-order valence-corrected chi connectivity index (χ0v) is 13.2. The Labute approximate surface area is 126 Å². The van der Waals surface area contributed by atoms with Crippen LogP contribution < -0.4 is 10.6 Å². The predicted molar refractivity (Wildman–Crippen MR) is 85.2 cm³/mol. The van der Waals surface area contributed by atoms with Crippen LogP contribution in [0.1, 0.15) is 26.2 Å². The van der Waals surface area contributed by atoms with Gasteiger partial charge < -0.3 is 10.6 Å². The molecule has 1 saturated carbocycles. The first kappa shape index (κ1) is 14.3. The van der Waals surface area contributed by atoms with E-state index in [4.69, 9.17) is 5.73 Å². The third-order valence-corrected chi connectivity index (χ3v) is 5.83. The van der Waals surface area contributed by atoms with Crippen molar-refractivity contribution in [3.63, 3.8) is 0 Å². The summed E-state index contributed by atoms with van der Waals surface area (Å²) in [4.78, 5) is 9.54. The van der Waals surface area contributed by atoms with Crippen LogP contribution in [0.25, 0.3) is 0 Å². The molecule has 1 aromatic rings. The summed E-state index contributed by atoms with van der Waals surface area (Å²) < 4.78 is 0. The first-order valence-electron chi connectivity index (χ1n) is 7.86. The van der Waals surface area contributed by atoms with Crippen LogP contribution in [0.4, 0.5) is 5.13 Å². The van der Waals surface area contributed by atoms with Crippen molar-refractivity contribution in [1.29, 1.82) is 0 Å². The minimum atomic E-state index is 0.706. The van der Waals surface area contributed by atoms with Gasteiger partial charge in [-0.1, -0.05) is 13.3 Å². The molecule has 2 fully saturated rings. The lowest BCUT2D eigenvalue weighted by Crippen LogP contribution is -2.54. The highest BCUT2D eigenvalue weighted by Gasteiger charge is 2.33. The van der Waals surface area contributed by atoms with Gasteiger partial charge >= 0.3 is 0 Å². The third kappa shape index (κ3) is 3.00. The van der Waals surface area contributed by atoms with Crippen LogP contribution in [0.15, 0.2) is 11.6 Å². The monoisotopic (exact) mass is 294 g/mol. The van der Waals surface area contributed by atoms with Crippen molar-refractivity contribution >= 4 is 16.5 Å². The summed E-state index contributed by atoms with van der Waals surface area (Å²) in [6, 6.07) is 0.710. The average Bonchev–Trinajstić information content (AvgIpc) is 3.02. The van der Waals surface area contributed by atoms with Gasteiger partial charge in [0.15, 0.2) is 5.13 Å². The number of aromatic nitrogens is 1. The molecule has 0 bridgehead atoms. The number of rotatable bonds is 3. The van der Waals surface area contributed by atoms with Crippen molar-refractivity contribution in [2.75, 3.05) is 37.6 Å². The van der Waals surface area contributed by atoms with Crippen molar-refractivity contribution in [2.24, 2.45) is 17.6 Å². The van der Waals surface area contributed by atoms with Crippen LogP contribution in [0.3, 0.4) is 0 Å². The summed E-state index contributed by atoms with van der Waals surface area (Å²) in [5.74, 6) is 1.57. The third-order valence-electron chi connectivity index (χ3n) is 4.99. The summed E-state index contributed by atoms with van der Waals surface area (Å²) >= 11 is 1.75. The molecular weight excluding hydrogens is 268 g/mol. The number of thiazole rings is 1. The fourth-order valence-corrected chi connectivity index (χ4v) is 4.45. The molecule has 1 aromatic heterocycles. The molecule has 2 aliphatic rings. The second kappa shape index (κ2) is 6.41. The van der Waals surface area contributed by atoms with Gasteiger partial charge in [-0.05, 0) is 31.2 Å². The quantitative estimate of drug-likeness (QED) is 0.926. The van der Waals surface area contributed by atoms with E-state index in [1.165, 1.54) is 24.4 Å². The summed E-state index contributed by atoms with van der Waals surface area (Å²) in [5.41, 5.74) is 6.00. The standard InChI is InChI=1S/C15H26N4S/c1-12-2-3-13(11-16)14(10-12)18-5-7-19(8-6-18)15-17-4-9-20-15/h4,9,12-14H,2-3,5-8,10-11,16H2,1H3. The Balaban J connectivity index is 1.59. The van der Waals surface area contributed by atoms with E-state index in [0.29, 0.717) is 12.0 Å². The van der Waals surface area contributed by atoms with Gasteiger partial charge in [0.05, 0.1) is 0 Å². The fraction of sp³-hybridized carbons (Fsp3) is 0.800. The van der Waals surface area contributed by atoms with Crippen LogP contribution in [-0.4, -0.2) is 48.6 Å². The van der Waals surface area contributed by atoms with Gasteiger partial charge in [0.1, 0.15) is 0 Å². The van der Waals surface area contributed by atoms with E-state index < -0.39 is 0 Å². The molecule has 20 heavy (non-hydrogen) atoms. The van der Waals surface area contributed by atoms with Crippen LogP contribution >= 0.6 is 11.3 Å². The van der Waals surface area contributed by atoms with Gasteiger partial charge in [-0.2, -0.15) is 0 Å². The van der Waals surface area contributed by atoms with Crippen molar-refractivity contribution in [3.05, 3.63) is 11.6 Å². The Morgan fingerprint density at radius 2 is 2.10 bits per heavy atom. The maximum absolute atomic E-state index is 6.00. The van der Waals surface area contributed by atoms with Crippen molar-refractivity contribution in [2.45, 2.75) is 32.2 Å². The lowest BCUT2D eigenvalue weighted by molar-refractivity contribution is 0.0809. The minimum absolute atomic E-state index is 0.706. The number of anilines is 1. The summed E-state index contributed by atoms with van der Waals surface area (Å²) in [7, 11) is 0. The first-order valence-corrected chi connectivity index (χ1v) is 8.74. The molecule has 0 amide bonds. The van der Waals surface area contributed by atoms with Crippen LogP contribution in [-0.2, 0) is 0 Å². The highest BCUT2D eigenvalue weighted by Crippen LogP contribution is 2.32. The molecule has 4 nitrogen and oxygen atoms in total. The summed E-state index contributed by atoms with van der Waals surface area (Å²) in [6.07, 6.45) is 5.91. The molecule has 0 radical (unpaired) electrons. The van der Waals surface area contributed by atoms with E-state index in [-0.39, 0.29) is 0 Å². The topological polar surface area (TPSA) is 45.4 Å². The lowest BCUT2D eigenvalue weighted by atomic mass is 9.78. The van der Waals surface area contributed by atoms with Crippen molar-refractivity contribution in [1.82, 2.24) is 9.88 Å². The number of hydrogen-bond acceptors (Lipinski definition) is 5. The Morgan fingerprint density at radius 1 is 1.30 bits per heavy atom. The molecule has 0 spiro atoms. The summed E-state index contributed by atoms with van der Waals surface area (Å²) in [6.45, 7) is 7.78. The maximum Gasteiger partial charge on any atom is 0.185 e. The maximum atomic E-state index is 6.00. The van der Waals surface area contributed by atoms with Gasteiger partial charge in [-0.25, -0.2) is 4.98 Å². The molecular formula is C15H26N4S. The molecule has 5 heteroatoms. The molecule has 2 heterocycles. The molecule has 3 unspecified atom stereocenters. The zero-order chi connectivity index (χ0) is 13.9. The number of hydrogen-bond donors (Lipinski definition) is 1. The fourth-order valence-electron chi connectivity index (χ4n) is 3.75. The van der Waals surface area contributed by atoms with Gasteiger partial charge in [0, 0.05) is 43.8 Å². The predicted octanol–water partition coefficient (Wildman–Crippen LogP) is 2.03. The van der Waals surface area contributed by atoms with Crippen molar-refractivity contribution in [3.8, 4) is 0 Å². The Morgan fingerprint density at radius 3 is 2.75 bits per heavy atom. The Kier molecular flexibility index (Phi) is 4.58. The van der Waals surface area contributed by atoms with Gasteiger partial charge in [-0.15, -0.1) is 11.3 Å². The molecule has 1 aliphatic heterocycles. The second-order valence-corrected chi connectivity index (χ2v) is 7.19. The number of nitrogens with two attached hydrogens (primary N) is 1. The van der Waals surface area contributed by atoms with Crippen LogP contribution in [0, 0.1) is 11.8 Å².